The Bertz CT molecular complexity index is 704. The second-order valence-electron chi connectivity index (χ2n) is 6.71. The van der Waals surface area contributed by atoms with E-state index in [0.717, 1.165) is 44.7 Å². The summed E-state index contributed by atoms with van der Waals surface area (Å²) in [6.07, 6.45) is -2.38. The molecule has 5 heterocycles. The Kier molecular flexibility index (Phi) is 4.50. The highest BCUT2D eigenvalue weighted by molar-refractivity contribution is 7.07. The van der Waals surface area contributed by atoms with Crippen molar-refractivity contribution in [3.05, 3.63) is 28.3 Å². The minimum Gasteiger partial charge on any atom is -0.338 e. The zero-order valence-corrected chi connectivity index (χ0v) is 14.3. The molecule has 0 N–H and O–H groups in total. The van der Waals surface area contributed by atoms with E-state index in [1.165, 1.54) is 0 Å². The van der Waals surface area contributed by atoms with Gasteiger partial charge in [-0.05, 0) is 18.8 Å². The fourth-order valence-electron chi connectivity index (χ4n) is 3.75. The van der Waals surface area contributed by atoms with Gasteiger partial charge in [0.2, 0.25) is 5.89 Å². The lowest BCUT2D eigenvalue weighted by Gasteiger charge is -2.35. The predicted octanol–water partition coefficient (Wildman–Crippen LogP) is 2.64. The van der Waals surface area contributed by atoms with Gasteiger partial charge in [0.05, 0.1) is 17.7 Å². The van der Waals surface area contributed by atoms with E-state index in [1.54, 1.807) is 11.3 Å². The largest absolute Gasteiger partial charge is 0.455 e. The van der Waals surface area contributed by atoms with Gasteiger partial charge >= 0.3 is 6.18 Å². The summed E-state index contributed by atoms with van der Waals surface area (Å²) in [5.74, 6) is -0.666. The molecule has 3 fully saturated rings. The number of hydrogen-bond donors (Lipinski definition) is 0. The van der Waals surface area contributed by atoms with Gasteiger partial charge in [-0.25, -0.2) is 4.98 Å². The summed E-state index contributed by atoms with van der Waals surface area (Å²) in [5.41, 5.74) is 2.91. The predicted molar refractivity (Wildman–Crippen MR) is 83.6 cm³/mol. The summed E-state index contributed by atoms with van der Waals surface area (Å²) >= 11 is 1.59. The van der Waals surface area contributed by atoms with Crippen LogP contribution in [0, 0.1) is 5.92 Å². The molecule has 25 heavy (non-hydrogen) atoms. The van der Waals surface area contributed by atoms with Crippen molar-refractivity contribution in [3.63, 3.8) is 0 Å². The molecule has 136 valence electrons. The molecule has 0 radical (unpaired) electrons. The lowest BCUT2D eigenvalue weighted by atomic mass is 9.95. The Morgan fingerprint density at radius 1 is 1.20 bits per heavy atom. The van der Waals surface area contributed by atoms with Crippen molar-refractivity contribution in [3.8, 4) is 0 Å². The van der Waals surface area contributed by atoms with Gasteiger partial charge in [0.1, 0.15) is 0 Å². The average molecular weight is 373 g/mol. The van der Waals surface area contributed by atoms with Crippen molar-refractivity contribution in [1.82, 2.24) is 24.9 Å². The third kappa shape index (κ3) is 3.85. The van der Waals surface area contributed by atoms with Crippen LogP contribution in [0.5, 0.6) is 0 Å². The molecule has 0 spiro atoms. The molecular weight excluding hydrogens is 355 g/mol. The quantitative estimate of drug-likeness (QED) is 0.821. The third-order valence-electron chi connectivity index (χ3n) is 4.83. The fourth-order valence-corrected chi connectivity index (χ4v) is 4.30. The first-order valence-electron chi connectivity index (χ1n) is 8.20. The average Bonchev–Trinajstić information content (AvgIpc) is 3.14. The maximum Gasteiger partial charge on any atom is 0.455 e. The van der Waals surface area contributed by atoms with Crippen LogP contribution in [0.25, 0.3) is 0 Å². The summed E-state index contributed by atoms with van der Waals surface area (Å²) in [7, 11) is 0. The van der Waals surface area contributed by atoms with Crippen molar-refractivity contribution >= 4 is 11.3 Å². The van der Waals surface area contributed by atoms with E-state index in [2.05, 4.69) is 30.3 Å². The summed E-state index contributed by atoms with van der Waals surface area (Å²) in [4.78, 5) is 12.4. The molecule has 5 rings (SSSR count). The number of rotatable bonds is 4. The van der Waals surface area contributed by atoms with Gasteiger partial charge in [0.25, 0.3) is 5.82 Å². The smallest absolute Gasteiger partial charge is 0.338 e. The van der Waals surface area contributed by atoms with Gasteiger partial charge in [-0.3, -0.25) is 9.80 Å². The highest BCUT2D eigenvalue weighted by Crippen LogP contribution is 2.31. The molecule has 2 atom stereocenters. The Labute approximate surface area is 146 Å². The van der Waals surface area contributed by atoms with Gasteiger partial charge in [0.15, 0.2) is 0 Å². The van der Waals surface area contributed by atoms with Crippen LogP contribution in [0.15, 0.2) is 15.4 Å². The van der Waals surface area contributed by atoms with Crippen molar-refractivity contribution in [2.75, 3.05) is 19.6 Å². The van der Waals surface area contributed by atoms with Crippen LogP contribution in [-0.2, 0) is 19.3 Å². The van der Waals surface area contributed by atoms with Crippen LogP contribution in [0.1, 0.15) is 30.3 Å². The molecule has 3 aliphatic heterocycles. The fraction of sp³-hybridized carbons (Fsp3) is 0.667. The SMILES string of the molecule is FC(F)(F)c1noc(CN2C[C@H]3CC[C@@H]2CN(Cc2cscn2)C3)n1. The van der Waals surface area contributed by atoms with Crippen LogP contribution in [-0.4, -0.2) is 50.6 Å². The van der Waals surface area contributed by atoms with E-state index < -0.39 is 12.0 Å². The molecule has 0 aliphatic carbocycles. The van der Waals surface area contributed by atoms with Gasteiger partial charge in [-0.15, -0.1) is 11.3 Å². The van der Waals surface area contributed by atoms with Gasteiger partial charge in [-0.2, -0.15) is 18.2 Å². The van der Waals surface area contributed by atoms with Crippen LogP contribution in [0.2, 0.25) is 0 Å². The highest BCUT2D eigenvalue weighted by Gasteiger charge is 2.39. The molecule has 2 aromatic rings. The maximum absolute atomic E-state index is 12.6. The Balaban J connectivity index is 1.43. The zero-order chi connectivity index (χ0) is 17.4. The molecule has 0 amide bonds. The summed E-state index contributed by atoms with van der Waals surface area (Å²) in [6.45, 7) is 3.82. The van der Waals surface area contributed by atoms with Crippen molar-refractivity contribution in [2.24, 2.45) is 5.92 Å². The molecule has 3 saturated heterocycles. The number of alkyl halides is 3. The topological polar surface area (TPSA) is 58.3 Å². The van der Waals surface area contributed by atoms with Crippen LogP contribution >= 0.6 is 11.3 Å². The van der Waals surface area contributed by atoms with Gasteiger partial charge in [-0.1, -0.05) is 5.16 Å². The number of hydrogen-bond acceptors (Lipinski definition) is 7. The van der Waals surface area contributed by atoms with Crippen LogP contribution in [0.4, 0.5) is 13.2 Å². The molecule has 0 unspecified atom stereocenters. The number of piperidine rings is 1. The van der Waals surface area contributed by atoms with Gasteiger partial charge in [0, 0.05) is 37.6 Å². The first-order valence-corrected chi connectivity index (χ1v) is 9.15. The van der Waals surface area contributed by atoms with Crippen molar-refractivity contribution in [1.29, 1.82) is 0 Å². The minimum atomic E-state index is -4.57. The first kappa shape index (κ1) is 16.9. The first-order chi connectivity index (χ1) is 12.0. The van der Waals surface area contributed by atoms with E-state index in [4.69, 9.17) is 4.52 Å². The van der Waals surface area contributed by atoms with E-state index in [-0.39, 0.29) is 12.4 Å². The molecule has 3 aliphatic rings. The Hall–Kier alpha value is -1.52. The summed E-state index contributed by atoms with van der Waals surface area (Å²) in [6, 6.07) is 0.290. The van der Waals surface area contributed by atoms with E-state index in [1.807, 2.05) is 5.51 Å². The summed E-state index contributed by atoms with van der Waals surface area (Å²) < 4.78 is 42.7. The van der Waals surface area contributed by atoms with Crippen LogP contribution < -0.4 is 0 Å². The maximum atomic E-state index is 12.6. The number of fused-ring (bicyclic) bond motifs is 4. The highest BCUT2D eigenvalue weighted by atomic mass is 32.1. The van der Waals surface area contributed by atoms with E-state index in [0.29, 0.717) is 12.0 Å². The lowest BCUT2D eigenvalue weighted by Crippen LogP contribution is -2.43. The lowest BCUT2D eigenvalue weighted by molar-refractivity contribution is -0.146. The molecule has 10 heteroatoms. The second kappa shape index (κ2) is 6.65. The Morgan fingerprint density at radius 3 is 2.80 bits per heavy atom. The van der Waals surface area contributed by atoms with Crippen molar-refractivity contribution in [2.45, 2.75) is 38.1 Å². The number of halogens is 3. The molecule has 6 nitrogen and oxygen atoms in total. The van der Waals surface area contributed by atoms with E-state index in [9.17, 15) is 13.2 Å². The zero-order valence-electron chi connectivity index (χ0n) is 13.4. The van der Waals surface area contributed by atoms with E-state index >= 15 is 0 Å². The monoisotopic (exact) mass is 373 g/mol. The number of aromatic nitrogens is 3. The molecule has 0 saturated carbocycles. The van der Waals surface area contributed by atoms with Gasteiger partial charge < -0.3 is 4.52 Å². The van der Waals surface area contributed by atoms with Crippen LogP contribution in [0.3, 0.4) is 0 Å². The second-order valence-corrected chi connectivity index (χ2v) is 7.43. The molecule has 0 aromatic carbocycles. The Morgan fingerprint density at radius 2 is 2.08 bits per heavy atom. The summed E-state index contributed by atoms with van der Waals surface area (Å²) in [5, 5.41) is 5.11. The molecule has 2 bridgehead atoms. The molecule has 2 aromatic heterocycles. The number of nitrogens with zero attached hydrogens (tertiary/aromatic N) is 5. The minimum absolute atomic E-state index is 0.0333. The third-order valence-corrected chi connectivity index (χ3v) is 5.47. The van der Waals surface area contributed by atoms with Crippen molar-refractivity contribution < 1.29 is 17.7 Å². The molecular formula is C15H18F3N5OS. The normalized spacial score (nSPS) is 25.4. The standard InChI is InChI=1S/C15H18F3N5OS/c16-15(17,18)14-20-13(24-21-14)7-23-4-10-1-2-12(23)6-22(3-10)5-11-8-25-9-19-11/h8-10,12H,1-7H2/t10-,12+/m0/s1. The number of thiazole rings is 1.